The van der Waals surface area contributed by atoms with Gasteiger partial charge in [0, 0.05) is 30.9 Å². The van der Waals surface area contributed by atoms with E-state index < -0.39 is 5.91 Å². The number of carbonyl (C=O) groups excluding carboxylic acids is 1. The monoisotopic (exact) mass is 404 g/mol. The van der Waals surface area contributed by atoms with Crippen LogP contribution in [0.25, 0.3) is 23.0 Å². The van der Waals surface area contributed by atoms with E-state index >= 15 is 0 Å². The molecule has 0 spiro atoms. The average Bonchev–Trinajstić information content (AvgIpc) is 3.52. The van der Waals surface area contributed by atoms with Gasteiger partial charge in [0.15, 0.2) is 0 Å². The molecule has 30 heavy (non-hydrogen) atoms. The Morgan fingerprint density at radius 1 is 1.30 bits per heavy atom. The van der Waals surface area contributed by atoms with Crippen LogP contribution in [0.5, 0.6) is 0 Å². The van der Waals surface area contributed by atoms with Gasteiger partial charge in [-0.05, 0) is 55.5 Å². The number of nitrogens with zero attached hydrogens (tertiary/aromatic N) is 3. The normalized spacial score (nSPS) is 14.1. The first-order valence-corrected chi connectivity index (χ1v) is 10.6. The fraction of sp³-hybridized carbons (Fsp3) is 0.333. The number of hydrogen-bond donors (Lipinski definition) is 2. The van der Waals surface area contributed by atoms with Crippen LogP contribution in [0.15, 0.2) is 54.7 Å². The highest BCUT2D eigenvalue weighted by Gasteiger charge is 2.25. The molecule has 156 valence electrons. The van der Waals surface area contributed by atoms with Gasteiger partial charge in [-0.15, -0.1) is 0 Å². The van der Waals surface area contributed by atoms with Gasteiger partial charge in [-0.2, -0.15) is 0 Å². The molecule has 6 heteroatoms. The highest BCUT2D eigenvalue weighted by atomic mass is 16.5. The molecule has 0 unspecified atom stereocenters. The molecule has 2 heterocycles. The smallest absolute Gasteiger partial charge is 0.267 e. The molecule has 1 amide bonds. The van der Waals surface area contributed by atoms with Gasteiger partial charge in [0.25, 0.3) is 5.91 Å². The predicted molar refractivity (Wildman–Crippen MR) is 118 cm³/mol. The molecule has 2 N–H and O–H groups in total. The molecule has 1 aliphatic carbocycles. The Balaban J connectivity index is 1.73. The van der Waals surface area contributed by atoms with Crippen LogP contribution in [0.3, 0.4) is 0 Å². The minimum Gasteiger partial charge on any atom is -0.302 e. The van der Waals surface area contributed by atoms with Gasteiger partial charge in [0.1, 0.15) is 5.65 Å². The first-order chi connectivity index (χ1) is 14.7. The Labute approximate surface area is 176 Å². The first-order valence-electron chi connectivity index (χ1n) is 10.6. The second-order valence-electron chi connectivity index (χ2n) is 7.95. The van der Waals surface area contributed by atoms with Gasteiger partial charge in [0.05, 0.1) is 11.4 Å². The maximum absolute atomic E-state index is 11.3. The molecule has 1 saturated carbocycles. The van der Waals surface area contributed by atoms with Crippen LogP contribution < -0.4 is 5.48 Å². The maximum Gasteiger partial charge on any atom is 0.267 e. The number of rotatable bonds is 9. The number of hydroxylamine groups is 1. The molecular formula is C24H28N4O2. The van der Waals surface area contributed by atoms with E-state index in [1.54, 1.807) is 11.6 Å². The van der Waals surface area contributed by atoms with Crippen molar-refractivity contribution in [1.29, 1.82) is 0 Å². The van der Waals surface area contributed by atoms with E-state index in [1.165, 1.54) is 24.6 Å². The lowest BCUT2D eigenvalue weighted by Crippen LogP contribution is -2.27. The highest BCUT2D eigenvalue weighted by molar-refractivity contribution is 5.91. The predicted octanol–water partition coefficient (Wildman–Crippen LogP) is 4.14. The number of fused-ring (bicyclic) bond motifs is 1. The Bertz CT molecular complexity index is 1040. The van der Waals surface area contributed by atoms with Crippen molar-refractivity contribution in [3.05, 3.63) is 66.0 Å². The summed E-state index contributed by atoms with van der Waals surface area (Å²) in [4.78, 5) is 18.8. The summed E-state index contributed by atoms with van der Waals surface area (Å²) in [5.41, 5.74) is 6.60. The lowest BCUT2D eigenvalue weighted by molar-refractivity contribution is -0.124. The summed E-state index contributed by atoms with van der Waals surface area (Å²) in [5, 5.41) is 8.67. The van der Waals surface area contributed by atoms with E-state index in [-0.39, 0.29) is 0 Å². The van der Waals surface area contributed by atoms with Crippen LogP contribution in [0.1, 0.15) is 37.4 Å². The SMILES string of the molecule is CCCN(Cc1c(-c2ccccc2)nc2cc(/C=C/C(=O)NO)ccn12)CC1CC1. The van der Waals surface area contributed by atoms with Crippen LogP contribution in [0.2, 0.25) is 0 Å². The van der Waals surface area contributed by atoms with Crippen LogP contribution in [-0.2, 0) is 11.3 Å². The van der Waals surface area contributed by atoms with Gasteiger partial charge in [0.2, 0.25) is 0 Å². The Morgan fingerprint density at radius 3 is 2.80 bits per heavy atom. The highest BCUT2D eigenvalue weighted by Crippen LogP contribution is 2.32. The standard InChI is InChI=1S/C24H28N4O2/c1-2-13-27(16-19-8-9-19)17-21-24(20-6-4-3-5-7-20)25-22-15-18(12-14-28(21)22)10-11-23(29)26-30/h3-7,10-12,14-15,19,30H,2,8-9,13,16-17H2,1H3,(H,26,29)/b11-10+. The lowest BCUT2D eigenvalue weighted by atomic mass is 10.1. The molecule has 0 aliphatic heterocycles. The number of nitrogens with one attached hydrogen (secondary N) is 1. The molecule has 0 saturated heterocycles. The summed E-state index contributed by atoms with van der Waals surface area (Å²) in [7, 11) is 0. The van der Waals surface area contributed by atoms with Crippen molar-refractivity contribution in [2.24, 2.45) is 5.92 Å². The summed E-state index contributed by atoms with van der Waals surface area (Å²) < 4.78 is 2.15. The second-order valence-corrected chi connectivity index (χ2v) is 7.95. The molecule has 1 aromatic carbocycles. The summed E-state index contributed by atoms with van der Waals surface area (Å²) in [6.07, 6.45) is 8.80. The van der Waals surface area contributed by atoms with E-state index in [0.717, 1.165) is 54.4 Å². The van der Waals surface area contributed by atoms with Crippen molar-refractivity contribution in [3.63, 3.8) is 0 Å². The third kappa shape index (κ3) is 4.78. The number of imidazole rings is 1. The van der Waals surface area contributed by atoms with E-state index in [1.807, 2.05) is 36.5 Å². The third-order valence-corrected chi connectivity index (χ3v) is 5.46. The molecular weight excluding hydrogens is 376 g/mol. The van der Waals surface area contributed by atoms with Crippen LogP contribution >= 0.6 is 0 Å². The largest absolute Gasteiger partial charge is 0.302 e. The summed E-state index contributed by atoms with van der Waals surface area (Å²) in [6, 6.07) is 14.2. The Hall–Kier alpha value is -2.96. The van der Waals surface area contributed by atoms with Crippen LogP contribution in [0, 0.1) is 5.92 Å². The minimum atomic E-state index is -0.556. The average molecular weight is 405 g/mol. The molecule has 0 atom stereocenters. The molecule has 0 radical (unpaired) electrons. The van der Waals surface area contributed by atoms with Crippen molar-refractivity contribution in [2.75, 3.05) is 13.1 Å². The minimum absolute atomic E-state index is 0.556. The van der Waals surface area contributed by atoms with Crippen molar-refractivity contribution < 1.29 is 10.0 Å². The van der Waals surface area contributed by atoms with E-state index in [9.17, 15) is 4.79 Å². The van der Waals surface area contributed by atoms with Crippen molar-refractivity contribution in [2.45, 2.75) is 32.7 Å². The number of carbonyl (C=O) groups is 1. The fourth-order valence-corrected chi connectivity index (χ4v) is 3.83. The van der Waals surface area contributed by atoms with Gasteiger partial charge >= 0.3 is 0 Å². The molecule has 1 aliphatic rings. The lowest BCUT2D eigenvalue weighted by Gasteiger charge is -2.22. The van der Waals surface area contributed by atoms with E-state index in [2.05, 4.69) is 28.4 Å². The molecule has 4 rings (SSSR count). The molecule has 6 nitrogen and oxygen atoms in total. The molecule has 3 aromatic rings. The van der Waals surface area contributed by atoms with E-state index in [4.69, 9.17) is 10.2 Å². The molecule has 0 bridgehead atoms. The van der Waals surface area contributed by atoms with E-state index in [0.29, 0.717) is 0 Å². The van der Waals surface area contributed by atoms with Gasteiger partial charge in [-0.3, -0.25) is 14.9 Å². The number of aromatic nitrogens is 2. The summed E-state index contributed by atoms with van der Waals surface area (Å²) in [5.74, 6) is 0.282. The van der Waals surface area contributed by atoms with Crippen molar-refractivity contribution in [3.8, 4) is 11.3 Å². The third-order valence-electron chi connectivity index (χ3n) is 5.46. The maximum atomic E-state index is 11.3. The molecule has 2 aromatic heterocycles. The number of hydrogen-bond acceptors (Lipinski definition) is 4. The number of benzene rings is 1. The zero-order chi connectivity index (χ0) is 20.9. The Kier molecular flexibility index (Phi) is 6.26. The summed E-state index contributed by atoms with van der Waals surface area (Å²) in [6.45, 7) is 5.31. The summed E-state index contributed by atoms with van der Waals surface area (Å²) >= 11 is 0. The topological polar surface area (TPSA) is 69.9 Å². The van der Waals surface area contributed by atoms with Gasteiger partial charge in [-0.25, -0.2) is 10.5 Å². The van der Waals surface area contributed by atoms with Crippen LogP contribution in [0.4, 0.5) is 0 Å². The number of amides is 1. The Morgan fingerprint density at radius 2 is 2.10 bits per heavy atom. The van der Waals surface area contributed by atoms with Gasteiger partial charge in [-0.1, -0.05) is 37.3 Å². The number of pyridine rings is 1. The quantitative estimate of drug-likeness (QED) is 0.319. The van der Waals surface area contributed by atoms with Crippen molar-refractivity contribution in [1.82, 2.24) is 19.8 Å². The zero-order valence-electron chi connectivity index (χ0n) is 17.3. The van der Waals surface area contributed by atoms with Crippen LogP contribution in [-0.4, -0.2) is 38.5 Å². The zero-order valence-corrected chi connectivity index (χ0v) is 17.3. The fourth-order valence-electron chi connectivity index (χ4n) is 3.83. The van der Waals surface area contributed by atoms with Crippen molar-refractivity contribution >= 4 is 17.6 Å². The first kappa shape index (κ1) is 20.3. The van der Waals surface area contributed by atoms with Gasteiger partial charge < -0.3 is 4.40 Å². The molecule has 1 fully saturated rings. The second kappa shape index (κ2) is 9.24.